The molecule has 0 saturated heterocycles. The molecule has 0 radical (unpaired) electrons. The third-order valence-electron chi connectivity index (χ3n) is 3.31. The third-order valence-corrected chi connectivity index (χ3v) is 3.31. The number of benzene rings is 2. The molecule has 0 spiro atoms. The number of nitrogens with one attached hydrogen (secondary N) is 1. The molecule has 5 heteroatoms. The zero-order valence-electron chi connectivity index (χ0n) is 13.5. The van der Waals surface area contributed by atoms with E-state index in [1.807, 2.05) is 55.5 Å². The number of ether oxygens (including phenoxy) is 1. The smallest absolute Gasteiger partial charge is 0.273 e. The summed E-state index contributed by atoms with van der Waals surface area (Å²) in [7, 11) is 2.97. The molecular weight excluding hydrogens is 292 g/mol. The van der Waals surface area contributed by atoms with E-state index in [0.29, 0.717) is 12.2 Å². The van der Waals surface area contributed by atoms with Gasteiger partial charge in [0.1, 0.15) is 19.5 Å². The largest absolute Gasteiger partial charge is 0.489 e. The van der Waals surface area contributed by atoms with Crippen LogP contribution >= 0.6 is 0 Å². The molecule has 1 amide bonds. The minimum absolute atomic E-state index is 0.220. The van der Waals surface area contributed by atoms with Gasteiger partial charge in [-0.2, -0.15) is 0 Å². The minimum atomic E-state index is -0.311. The second kappa shape index (κ2) is 7.98. The van der Waals surface area contributed by atoms with Gasteiger partial charge in [-0.3, -0.25) is 4.79 Å². The lowest BCUT2D eigenvalue weighted by atomic mass is 10.0. The number of nitrogens with zero attached hydrogens (tertiary/aromatic N) is 1. The maximum absolute atomic E-state index is 12.0. The van der Waals surface area contributed by atoms with Crippen LogP contribution in [0.4, 0.5) is 0 Å². The van der Waals surface area contributed by atoms with Crippen LogP contribution in [0.25, 0.3) is 0 Å². The van der Waals surface area contributed by atoms with E-state index >= 15 is 0 Å². The minimum Gasteiger partial charge on any atom is -0.489 e. The van der Waals surface area contributed by atoms with Gasteiger partial charge < -0.3 is 14.9 Å². The Morgan fingerprint density at radius 3 is 2.48 bits per heavy atom. The zero-order chi connectivity index (χ0) is 16.7. The van der Waals surface area contributed by atoms with E-state index in [9.17, 15) is 4.79 Å². The van der Waals surface area contributed by atoms with Crippen LogP contribution < -0.4 is 10.1 Å². The predicted molar refractivity (Wildman–Crippen MR) is 89.6 cm³/mol. The van der Waals surface area contributed by atoms with Crippen molar-refractivity contribution in [2.75, 3.05) is 14.2 Å². The van der Waals surface area contributed by atoms with Crippen molar-refractivity contribution in [3.05, 3.63) is 65.2 Å². The van der Waals surface area contributed by atoms with Gasteiger partial charge in [0.2, 0.25) is 0 Å². The molecule has 2 rings (SSSR count). The fraction of sp³-hybridized carbons (Fsp3) is 0.222. The van der Waals surface area contributed by atoms with Gasteiger partial charge in [-0.25, -0.2) is 0 Å². The number of aryl methyl sites for hydroxylation is 1. The molecular formula is C18H20N2O3. The fourth-order valence-electron chi connectivity index (χ4n) is 2.10. The van der Waals surface area contributed by atoms with E-state index in [1.54, 1.807) is 7.05 Å². The van der Waals surface area contributed by atoms with E-state index in [-0.39, 0.29) is 11.6 Å². The molecule has 2 aromatic carbocycles. The second-order valence-corrected chi connectivity index (χ2v) is 4.96. The zero-order valence-corrected chi connectivity index (χ0v) is 13.5. The summed E-state index contributed by atoms with van der Waals surface area (Å²) in [6.45, 7) is 2.36. The van der Waals surface area contributed by atoms with Crippen LogP contribution in [0.15, 0.2) is 53.7 Å². The van der Waals surface area contributed by atoms with Crippen LogP contribution in [-0.2, 0) is 16.2 Å². The Hall–Kier alpha value is -2.82. The summed E-state index contributed by atoms with van der Waals surface area (Å²) in [4.78, 5) is 16.8. The highest BCUT2D eigenvalue weighted by molar-refractivity contribution is 6.45. The first-order valence-electron chi connectivity index (χ1n) is 7.26. The third kappa shape index (κ3) is 4.32. The lowest BCUT2D eigenvalue weighted by molar-refractivity contribution is -0.114. The quantitative estimate of drug-likeness (QED) is 0.659. The molecule has 0 atom stereocenters. The average molecular weight is 312 g/mol. The van der Waals surface area contributed by atoms with Crippen molar-refractivity contribution in [3.8, 4) is 5.75 Å². The maximum Gasteiger partial charge on any atom is 0.273 e. The van der Waals surface area contributed by atoms with Crippen LogP contribution in [0.1, 0.15) is 16.7 Å². The molecule has 0 aromatic heterocycles. The molecule has 0 saturated carbocycles. The highest BCUT2D eigenvalue weighted by atomic mass is 16.6. The Bertz CT molecular complexity index is 694. The van der Waals surface area contributed by atoms with Crippen molar-refractivity contribution >= 4 is 11.6 Å². The summed E-state index contributed by atoms with van der Waals surface area (Å²) in [5, 5.41) is 6.41. The number of likely N-dealkylation sites (N-methyl/N-ethyl adjacent to an activating group) is 1. The lowest BCUT2D eigenvalue weighted by Gasteiger charge is -2.12. The highest BCUT2D eigenvalue weighted by Crippen LogP contribution is 2.17. The van der Waals surface area contributed by atoms with Crippen LogP contribution in [0.5, 0.6) is 5.75 Å². The van der Waals surface area contributed by atoms with Crippen molar-refractivity contribution in [2.24, 2.45) is 5.16 Å². The van der Waals surface area contributed by atoms with Crippen LogP contribution in [0, 0.1) is 6.92 Å². The predicted octanol–water partition coefficient (Wildman–Crippen LogP) is 2.67. The number of carbonyl (C=O) groups is 1. The van der Waals surface area contributed by atoms with E-state index in [1.165, 1.54) is 12.7 Å². The first kappa shape index (κ1) is 16.5. The molecule has 5 nitrogen and oxygen atoms in total. The van der Waals surface area contributed by atoms with E-state index < -0.39 is 0 Å². The number of oxime groups is 1. The molecule has 0 aliphatic carbocycles. The molecule has 0 heterocycles. The van der Waals surface area contributed by atoms with Gasteiger partial charge in [0.05, 0.1) is 0 Å². The summed E-state index contributed by atoms with van der Waals surface area (Å²) >= 11 is 0. The van der Waals surface area contributed by atoms with Crippen molar-refractivity contribution in [1.29, 1.82) is 0 Å². The summed E-state index contributed by atoms with van der Waals surface area (Å²) < 4.78 is 5.80. The molecule has 0 fully saturated rings. The molecule has 2 aromatic rings. The monoisotopic (exact) mass is 312 g/mol. The summed E-state index contributed by atoms with van der Waals surface area (Å²) in [5.41, 5.74) is 2.93. The summed E-state index contributed by atoms with van der Waals surface area (Å²) in [6, 6.07) is 15.3. The molecule has 0 unspecified atom stereocenters. The van der Waals surface area contributed by atoms with Gasteiger partial charge in [0.25, 0.3) is 5.91 Å². The Balaban J connectivity index is 2.24. The first-order chi connectivity index (χ1) is 11.2. The van der Waals surface area contributed by atoms with Crippen LogP contribution in [0.3, 0.4) is 0 Å². The van der Waals surface area contributed by atoms with Crippen LogP contribution in [0.2, 0.25) is 0 Å². The number of carbonyl (C=O) groups excluding carboxylic acids is 1. The van der Waals surface area contributed by atoms with Gasteiger partial charge in [-0.15, -0.1) is 0 Å². The molecule has 0 aliphatic heterocycles. The Labute approximate surface area is 135 Å². The Morgan fingerprint density at radius 2 is 1.83 bits per heavy atom. The summed E-state index contributed by atoms with van der Waals surface area (Å²) in [6.07, 6.45) is 0. The summed E-state index contributed by atoms with van der Waals surface area (Å²) in [5.74, 6) is 0.463. The van der Waals surface area contributed by atoms with Gasteiger partial charge in [-0.1, -0.05) is 47.1 Å². The maximum atomic E-state index is 12.0. The molecule has 120 valence electrons. The van der Waals surface area contributed by atoms with E-state index in [4.69, 9.17) is 9.57 Å². The molecule has 1 N–H and O–H groups in total. The average Bonchev–Trinajstić information content (AvgIpc) is 2.59. The topological polar surface area (TPSA) is 59.9 Å². The van der Waals surface area contributed by atoms with Crippen molar-refractivity contribution in [2.45, 2.75) is 13.5 Å². The SMILES string of the molecule is CNC(=O)/C(=N\OC)c1ccccc1COc1ccc(C)cc1. The number of rotatable bonds is 6. The number of hydrogen-bond donors (Lipinski definition) is 1. The standard InChI is InChI=1S/C18H20N2O3/c1-13-8-10-15(11-9-13)23-12-14-6-4-5-7-16(14)17(20-22-3)18(21)19-2/h4-11H,12H2,1-3H3,(H,19,21)/b20-17-. The Kier molecular flexibility index (Phi) is 5.74. The number of amides is 1. The van der Waals surface area contributed by atoms with Crippen molar-refractivity contribution < 1.29 is 14.4 Å². The van der Waals surface area contributed by atoms with E-state index in [2.05, 4.69) is 10.5 Å². The lowest BCUT2D eigenvalue weighted by Crippen LogP contribution is -2.29. The van der Waals surface area contributed by atoms with Gasteiger partial charge >= 0.3 is 0 Å². The Morgan fingerprint density at radius 1 is 1.13 bits per heavy atom. The molecule has 0 aliphatic rings. The van der Waals surface area contributed by atoms with Gasteiger partial charge in [0, 0.05) is 12.6 Å². The van der Waals surface area contributed by atoms with Gasteiger partial charge in [0.15, 0.2) is 5.71 Å². The molecule has 23 heavy (non-hydrogen) atoms. The van der Waals surface area contributed by atoms with E-state index in [0.717, 1.165) is 11.3 Å². The van der Waals surface area contributed by atoms with Crippen molar-refractivity contribution in [1.82, 2.24) is 5.32 Å². The highest BCUT2D eigenvalue weighted by Gasteiger charge is 2.17. The molecule has 0 bridgehead atoms. The van der Waals surface area contributed by atoms with Crippen molar-refractivity contribution in [3.63, 3.8) is 0 Å². The normalized spacial score (nSPS) is 11.0. The number of hydrogen-bond acceptors (Lipinski definition) is 4. The first-order valence-corrected chi connectivity index (χ1v) is 7.26. The fourth-order valence-corrected chi connectivity index (χ4v) is 2.10. The second-order valence-electron chi connectivity index (χ2n) is 4.96. The van der Waals surface area contributed by atoms with Crippen LogP contribution in [-0.4, -0.2) is 25.8 Å². The van der Waals surface area contributed by atoms with Gasteiger partial charge in [-0.05, 0) is 24.6 Å².